The van der Waals surface area contributed by atoms with Gasteiger partial charge in [-0.05, 0) is 19.2 Å². The molecule has 24 heavy (non-hydrogen) atoms. The van der Waals surface area contributed by atoms with Crippen LogP contribution in [0.2, 0.25) is 5.02 Å². The molecule has 1 saturated heterocycles. The third kappa shape index (κ3) is 3.66. The van der Waals surface area contributed by atoms with Crippen LogP contribution in [0.25, 0.3) is 11.4 Å². The first-order valence-corrected chi connectivity index (χ1v) is 8.97. The third-order valence-electron chi connectivity index (χ3n) is 3.96. The lowest BCUT2D eigenvalue weighted by Gasteiger charge is -2.32. The summed E-state index contributed by atoms with van der Waals surface area (Å²) in [6.45, 7) is 3.33. The lowest BCUT2D eigenvalue weighted by Crippen LogP contribution is -2.47. The lowest BCUT2D eigenvalue weighted by molar-refractivity contribution is -0.129. The highest BCUT2D eigenvalue weighted by molar-refractivity contribution is 7.99. The number of hydrogen-bond donors (Lipinski definition) is 1. The second-order valence-electron chi connectivity index (χ2n) is 5.63. The molecule has 7 nitrogen and oxygen atoms in total. The Morgan fingerprint density at radius 2 is 1.96 bits per heavy atom. The van der Waals surface area contributed by atoms with Gasteiger partial charge in [-0.25, -0.2) is 4.68 Å². The number of thioether (sulfide) groups is 1. The molecule has 0 aliphatic carbocycles. The van der Waals surface area contributed by atoms with E-state index in [2.05, 4.69) is 22.1 Å². The van der Waals surface area contributed by atoms with Crippen LogP contribution in [0.4, 0.5) is 0 Å². The summed E-state index contributed by atoms with van der Waals surface area (Å²) in [6.07, 6.45) is 0. The highest BCUT2D eigenvalue weighted by Gasteiger charge is 2.21. The molecule has 1 fully saturated rings. The van der Waals surface area contributed by atoms with Gasteiger partial charge in [0.2, 0.25) is 11.1 Å². The van der Waals surface area contributed by atoms with Crippen molar-refractivity contribution in [2.45, 2.75) is 5.16 Å². The zero-order valence-corrected chi connectivity index (χ0v) is 14.9. The smallest absolute Gasteiger partial charge is 0.233 e. The number of nitrogen functional groups attached to an aromatic ring is 1. The van der Waals surface area contributed by atoms with E-state index in [1.54, 1.807) is 6.07 Å². The quantitative estimate of drug-likeness (QED) is 0.646. The molecule has 128 valence electrons. The van der Waals surface area contributed by atoms with Crippen LogP contribution in [0, 0.1) is 0 Å². The zero-order valence-electron chi connectivity index (χ0n) is 13.4. The summed E-state index contributed by atoms with van der Waals surface area (Å²) in [6, 6.07) is 7.31. The molecule has 0 saturated carbocycles. The number of amides is 1. The number of carbonyl (C=O) groups excluding carboxylic acids is 1. The SMILES string of the molecule is CN1CCN(C(=O)CSc2nnc(-c3ccccc3Cl)n2N)CC1. The van der Waals surface area contributed by atoms with E-state index in [0.29, 0.717) is 27.3 Å². The van der Waals surface area contributed by atoms with E-state index in [1.807, 2.05) is 23.1 Å². The molecule has 0 bridgehead atoms. The minimum atomic E-state index is 0.0930. The number of nitrogens with zero attached hydrogens (tertiary/aromatic N) is 5. The standard InChI is InChI=1S/C15H19ClN6OS/c1-20-6-8-21(9-7-20)13(23)10-24-15-19-18-14(22(15)17)11-4-2-3-5-12(11)16/h2-5H,6-10,17H2,1H3. The topological polar surface area (TPSA) is 80.3 Å². The summed E-state index contributed by atoms with van der Waals surface area (Å²) in [5.41, 5.74) is 0.714. The van der Waals surface area contributed by atoms with Gasteiger partial charge in [0.05, 0.1) is 10.8 Å². The molecule has 0 spiro atoms. The van der Waals surface area contributed by atoms with Gasteiger partial charge in [0.15, 0.2) is 5.82 Å². The van der Waals surface area contributed by atoms with E-state index in [-0.39, 0.29) is 5.91 Å². The fourth-order valence-corrected chi connectivity index (χ4v) is 3.45. The second kappa shape index (κ2) is 7.42. The first-order chi connectivity index (χ1) is 11.6. The highest BCUT2D eigenvalue weighted by atomic mass is 35.5. The minimum absolute atomic E-state index is 0.0930. The van der Waals surface area contributed by atoms with Crippen molar-refractivity contribution in [3.05, 3.63) is 29.3 Å². The molecule has 1 aromatic carbocycles. The first-order valence-electron chi connectivity index (χ1n) is 7.61. The zero-order chi connectivity index (χ0) is 17.1. The number of aromatic nitrogens is 3. The van der Waals surface area contributed by atoms with Gasteiger partial charge in [0.25, 0.3) is 0 Å². The maximum Gasteiger partial charge on any atom is 0.233 e. The van der Waals surface area contributed by atoms with Crippen molar-refractivity contribution in [3.8, 4) is 11.4 Å². The molecular formula is C15H19ClN6OS. The molecule has 2 heterocycles. The van der Waals surface area contributed by atoms with Crippen LogP contribution in [0.15, 0.2) is 29.4 Å². The van der Waals surface area contributed by atoms with E-state index in [4.69, 9.17) is 17.4 Å². The first kappa shape index (κ1) is 17.1. The van der Waals surface area contributed by atoms with Crippen LogP contribution in [0.5, 0.6) is 0 Å². The Kier molecular flexibility index (Phi) is 5.27. The summed E-state index contributed by atoms with van der Waals surface area (Å²) in [5.74, 6) is 6.94. The van der Waals surface area contributed by atoms with E-state index in [9.17, 15) is 4.79 Å². The van der Waals surface area contributed by atoms with Crippen molar-refractivity contribution < 1.29 is 4.79 Å². The van der Waals surface area contributed by atoms with Gasteiger partial charge in [-0.3, -0.25) is 4.79 Å². The largest absolute Gasteiger partial charge is 0.339 e. The number of halogens is 1. The molecular weight excluding hydrogens is 348 g/mol. The van der Waals surface area contributed by atoms with Crippen LogP contribution >= 0.6 is 23.4 Å². The molecule has 1 amide bonds. The number of hydrogen-bond acceptors (Lipinski definition) is 6. The van der Waals surface area contributed by atoms with Crippen molar-refractivity contribution in [2.75, 3.05) is 44.8 Å². The van der Waals surface area contributed by atoms with E-state index < -0.39 is 0 Å². The van der Waals surface area contributed by atoms with Crippen molar-refractivity contribution in [3.63, 3.8) is 0 Å². The van der Waals surface area contributed by atoms with Gasteiger partial charge in [-0.15, -0.1) is 10.2 Å². The van der Waals surface area contributed by atoms with Crippen molar-refractivity contribution >= 4 is 29.3 Å². The maximum absolute atomic E-state index is 12.3. The van der Waals surface area contributed by atoms with Crippen LogP contribution in [0.1, 0.15) is 0 Å². The summed E-state index contributed by atoms with van der Waals surface area (Å²) >= 11 is 7.46. The van der Waals surface area contributed by atoms with Crippen LogP contribution in [0.3, 0.4) is 0 Å². The molecule has 1 aromatic heterocycles. The monoisotopic (exact) mass is 366 g/mol. The fraction of sp³-hybridized carbons (Fsp3) is 0.400. The second-order valence-corrected chi connectivity index (χ2v) is 6.98. The molecule has 2 N–H and O–H groups in total. The molecule has 1 aliphatic heterocycles. The fourth-order valence-electron chi connectivity index (χ4n) is 2.48. The number of likely N-dealkylation sites (N-methyl/N-ethyl adjacent to an activating group) is 1. The number of rotatable bonds is 4. The van der Waals surface area contributed by atoms with Gasteiger partial charge in [-0.2, -0.15) is 0 Å². The van der Waals surface area contributed by atoms with E-state index in [1.165, 1.54) is 16.4 Å². The summed E-state index contributed by atoms with van der Waals surface area (Å²) in [4.78, 5) is 16.4. The summed E-state index contributed by atoms with van der Waals surface area (Å²) in [5, 5.41) is 9.22. The van der Waals surface area contributed by atoms with Gasteiger partial charge in [0, 0.05) is 31.7 Å². The average Bonchev–Trinajstić information content (AvgIpc) is 2.94. The van der Waals surface area contributed by atoms with E-state index in [0.717, 1.165) is 26.2 Å². The predicted molar refractivity (Wildman–Crippen MR) is 95.4 cm³/mol. The molecule has 0 atom stereocenters. The Hall–Kier alpha value is -1.77. The Bertz CT molecular complexity index is 729. The molecule has 0 unspecified atom stereocenters. The number of benzene rings is 1. The molecule has 9 heteroatoms. The van der Waals surface area contributed by atoms with Crippen molar-refractivity contribution in [1.29, 1.82) is 0 Å². The Balaban J connectivity index is 1.65. The molecule has 0 radical (unpaired) electrons. The van der Waals surface area contributed by atoms with Crippen LogP contribution < -0.4 is 5.84 Å². The Labute approximate surface area is 149 Å². The number of nitrogens with two attached hydrogens (primary N) is 1. The third-order valence-corrected chi connectivity index (χ3v) is 5.22. The lowest BCUT2D eigenvalue weighted by atomic mass is 10.2. The van der Waals surface area contributed by atoms with Gasteiger partial charge in [0.1, 0.15) is 0 Å². The Morgan fingerprint density at radius 3 is 2.67 bits per heavy atom. The normalized spacial score (nSPS) is 15.7. The van der Waals surface area contributed by atoms with Gasteiger partial charge >= 0.3 is 0 Å². The van der Waals surface area contributed by atoms with Crippen LogP contribution in [-0.2, 0) is 4.79 Å². The molecule has 2 aromatic rings. The maximum atomic E-state index is 12.3. The molecule has 1 aliphatic rings. The number of piperazine rings is 1. The predicted octanol–water partition coefficient (Wildman–Crippen LogP) is 1.18. The van der Waals surface area contributed by atoms with Crippen molar-refractivity contribution in [2.24, 2.45) is 0 Å². The minimum Gasteiger partial charge on any atom is -0.339 e. The molecule has 3 rings (SSSR count). The van der Waals surface area contributed by atoms with Gasteiger partial charge < -0.3 is 15.6 Å². The highest BCUT2D eigenvalue weighted by Crippen LogP contribution is 2.27. The number of carbonyl (C=O) groups is 1. The van der Waals surface area contributed by atoms with E-state index >= 15 is 0 Å². The average molecular weight is 367 g/mol. The summed E-state index contributed by atoms with van der Waals surface area (Å²) in [7, 11) is 2.06. The summed E-state index contributed by atoms with van der Waals surface area (Å²) < 4.78 is 1.38. The Morgan fingerprint density at radius 1 is 1.25 bits per heavy atom. The van der Waals surface area contributed by atoms with Crippen molar-refractivity contribution in [1.82, 2.24) is 24.7 Å². The van der Waals surface area contributed by atoms with Crippen LogP contribution in [-0.4, -0.2) is 69.6 Å². The van der Waals surface area contributed by atoms with Gasteiger partial charge in [-0.1, -0.05) is 35.5 Å².